The zero-order valence-corrected chi connectivity index (χ0v) is 15.6. The molecule has 1 amide bonds. The van der Waals surface area contributed by atoms with Crippen LogP contribution in [-0.2, 0) is 6.42 Å². The molecule has 0 aliphatic carbocycles. The number of methoxy groups -OCH3 is 1. The third-order valence-electron chi connectivity index (χ3n) is 4.98. The lowest BCUT2D eigenvalue weighted by molar-refractivity contribution is 0.0954. The molecule has 1 aliphatic heterocycles. The van der Waals surface area contributed by atoms with E-state index in [0.29, 0.717) is 12.1 Å². The van der Waals surface area contributed by atoms with Crippen LogP contribution in [0.15, 0.2) is 42.6 Å². The first-order valence-electron chi connectivity index (χ1n) is 9.28. The van der Waals surface area contributed by atoms with Crippen LogP contribution < -0.4 is 15.0 Å². The largest absolute Gasteiger partial charge is 0.497 e. The number of carbonyl (C=O) groups is 1. The smallest absolute Gasteiger partial charge is 0.252 e. The maximum atomic E-state index is 12.3. The lowest BCUT2D eigenvalue weighted by atomic mass is 9.99. The van der Waals surface area contributed by atoms with Gasteiger partial charge in [0.05, 0.1) is 12.7 Å². The number of carbonyl (C=O) groups excluding carboxylic acids is 1. The molecule has 0 atom stereocenters. The van der Waals surface area contributed by atoms with Gasteiger partial charge < -0.3 is 15.0 Å². The number of amides is 1. The van der Waals surface area contributed by atoms with Crippen LogP contribution in [0.25, 0.3) is 0 Å². The molecule has 1 saturated heterocycles. The molecule has 0 spiro atoms. The molecule has 1 aromatic heterocycles. The SMILES string of the molecule is COc1ccc(CCNC(=O)c2ccc(N3CCC(C)CC3)nc2)cc1. The molecule has 0 bridgehead atoms. The fourth-order valence-corrected chi connectivity index (χ4v) is 3.16. The number of benzene rings is 1. The van der Waals surface area contributed by atoms with Crippen LogP contribution in [-0.4, -0.2) is 37.6 Å². The first-order chi connectivity index (χ1) is 12.7. The quantitative estimate of drug-likeness (QED) is 0.866. The van der Waals surface area contributed by atoms with E-state index in [4.69, 9.17) is 4.74 Å². The molecule has 5 heteroatoms. The monoisotopic (exact) mass is 353 g/mol. The van der Waals surface area contributed by atoms with Crippen molar-refractivity contribution in [1.29, 1.82) is 0 Å². The molecule has 1 fully saturated rings. The van der Waals surface area contributed by atoms with Crippen LogP contribution in [0.1, 0.15) is 35.7 Å². The zero-order valence-electron chi connectivity index (χ0n) is 15.6. The van der Waals surface area contributed by atoms with Crippen molar-refractivity contribution < 1.29 is 9.53 Å². The van der Waals surface area contributed by atoms with E-state index in [9.17, 15) is 4.79 Å². The molecular formula is C21H27N3O2. The predicted octanol–water partition coefficient (Wildman–Crippen LogP) is 3.30. The summed E-state index contributed by atoms with van der Waals surface area (Å²) in [6.07, 6.45) is 4.87. The van der Waals surface area contributed by atoms with Crippen molar-refractivity contribution in [2.45, 2.75) is 26.2 Å². The Morgan fingerprint density at radius 3 is 2.54 bits per heavy atom. The lowest BCUT2D eigenvalue weighted by Gasteiger charge is -2.31. The van der Waals surface area contributed by atoms with Gasteiger partial charge in [0.15, 0.2) is 0 Å². The van der Waals surface area contributed by atoms with Gasteiger partial charge in [-0.1, -0.05) is 19.1 Å². The standard InChI is InChI=1S/C21H27N3O2/c1-16-10-13-24(14-11-16)20-8-5-18(15-23-20)21(25)22-12-9-17-3-6-19(26-2)7-4-17/h3-8,15-16H,9-14H2,1-2H3,(H,22,25). The Morgan fingerprint density at radius 1 is 1.19 bits per heavy atom. The van der Waals surface area contributed by atoms with E-state index in [1.807, 2.05) is 36.4 Å². The molecule has 2 aromatic rings. The number of nitrogens with zero attached hydrogens (tertiary/aromatic N) is 2. The van der Waals surface area contributed by atoms with Crippen molar-refractivity contribution >= 4 is 11.7 Å². The van der Waals surface area contributed by atoms with Crippen LogP contribution >= 0.6 is 0 Å². The summed E-state index contributed by atoms with van der Waals surface area (Å²) >= 11 is 0. The molecule has 0 radical (unpaired) electrons. The van der Waals surface area contributed by atoms with Crippen molar-refractivity contribution in [1.82, 2.24) is 10.3 Å². The van der Waals surface area contributed by atoms with Gasteiger partial charge in [-0.3, -0.25) is 4.79 Å². The molecule has 5 nitrogen and oxygen atoms in total. The Kier molecular flexibility index (Phi) is 6.10. The van der Waals surface area contributed by atoms with Crippen LogP contribution in [0, 0.1) is 5.92 Å². The average Bonchev–Trinajstić information content (AvgIpc) is 2.69. The highest BCUT2D eigenvalue weighted by molar-refractivity contribution is 5.94. The number of nitrogens with one attached hydrogen (secondary N) is 1. The highest BCUT2D eigenvalue weighted by atomic mass is 16.5. The molecule has 1 N–H and O–H groups in total. The summed E-state index contributed by atoms with van der Waals surface area (Å²) in [6.45, 7) is 4.98. The van der Waals surface area contributed by atoms with Gasteiger partial charge in [-0.05, 0) is 55.0 Å². The highest BCUT2D eigenvalue weighted by Crippen LogP contribution is 2.21. The van der Waals surface area contributed by atoms with E-state index in [1.54, 1.807) is 13.3 Å². The summed E-state index contributed by atoms with van der Waals surface area (Å²) in [5, 5.41) is 2.96. The van der Waals surface area contributed by atoms with Crippen LogP contribution in [0.2, 0.25) is 0 Å². The fraction of sp³-hybridized carbons (Fsp3) is 0.429. The van der Waals surface area contributed by atoms with Gasteiger partial charge in [-0.2, -0.15) is 0 Å². The first-order valence-corrected chi connectivity index (χ1v) is 9.28. The van der Waals surface area contributed by atoms with Crippen LogP contribution in [0.4, 0.5) is 5.82 Å². The summed E-state index contributed by atoms with van der Waals surface area (Å²) in [5.74, 6) is 2.52. The van der Waals surface area contributed by atoms with Crippen molar-refractivity contribution in [2.24, 2.45) is 5.92 Å². The minimum atomic E-state index is -0.0789. The number of hydrogen-bond acceptors (Lipinski definition) is 4. The van der Waals surface area contributed by atoms with Gasteiger partial charge in [0.2, 0.25) is 0 Å². The Hall–Kier alpha value is -2.56. The summed E-state index contributed by atoms with van der Waals surface area (Å²) < 4.78 is 5.15. The Morgan fingerprint density at radius 2 is 1.92 bits per heavy atom. The van der Waals surface area contributed by atoms with Gasteiger partial charge in [-0.15, -0.1) is 0 Å². The number of piperidine rings is 1. The molecular weight excluding hydrogens is 326 g/mol. The normalized spacial score (nSPS) is 14.9. The molecule has 3 rings (SSSR count). The van der Waals surface area contributed by atoms with E-state index in [2.05, 4.69) is 22.1 Å². The average molecular weight is 353 g/mol. The molecule has 0 unspecified atom stereocenters. The number of rotatable bonds is 6. The lowest BCUT2D eigenvalue weighted by Crippen LogP contribution is -2.33. The van der Waals surface area contributed by atoms with E-state index < -0.39 is 0 Å². The van der Waals surface area contributed by atoms with Crippen molar-refractivity contribution in [3.05, 3.63) is 53.7 Å². The van der Waals surface area contributed by atoms with Gasteiger partial charge in [0.1, 0.15) is 11.6 Å². The number of aromatic nitrogens is 1. The van der Waals surface area contributed by atoms with Gasteiger partial charge in [0.25, 0.3) is 5.91 Å². The van der Waals surface area contributed by atoms with E-state index in [1.165, 1.54) is 18.4 Å². The third-order valence-corrected chi connectivity index (χ3v) is 4.98. The molecule has 26 heavy (non-hydrogen) atoms. The fourth-order valence-electron chi connectivity index (χ4n) is 3.16. The van der Waals surface area contributed by atoms with E-state index >= 15 is 0 Å². The van der Waals surface area contributed by atoms with Crippen molar-refractivity contribution in [2.75, 3.05) is 31.6 Å². The second-order valence-corrected chi connectivity index (χ2v) is 6.93. The van der Waals surface area contributed by atoms with Crippen LogP contribution in [0.3, 0.4) is 0 Å². The molecule has 138 valence electrons. The van der Waals surface area contributed by atoms with Crippen molar-refractivity contribution in [3.8, 4) is 5.75 Å². The highest BCUT2D eigenvalue weighted by Gasteiger charge is 2.17. The molecule has 0 saturated carbocycles. The Balaban J connectivity index is 1.48. The van der Waals surface area contributed by atoms with Crippen molar-refractivity contribution in [3.63, 3.8) is 0 Å². The van der Waals surface area contributed by atoms with E-state index in [0.717, 1.165) is 37.0 Å². The maximum absolute atomic E-state index is 12.3. The topological polar surface area (TPSA) is 54.5 Å². The van der Waals surface area contributed by atoms with Gasteiger partial charge in [-0.25, -0.2) is 4.98 Å². The second-order valence-electron chi connectivity index (χ2n) is 6.93. The molecule has 2 heterocycles. The van der Waals surface area contributed by atoms with Gasteiger partial charge >= 0.3 is 0 Å². The number of ether oxygens (including phenoxy) is 1. The number of hydrogen-bond donors (Lipinski definition) is 1. The second kappa shape index (κ2) is 8.70. The summed E-state index contributed by atoms with van der Waals surface area (Å²) in [7, 11) is 1.65. The van der Waals surface area contributed by atoms with Gasteiger partial charge in [0, 0.05) is 25.8 Å². The minimum absolute atomic E-state index is 0.0789. The Bertz CT molecular complexity index is 705. The Labute approximate surface area is 155 Å². The summed E-state index contributed by atoms with van der Waals surface area (Å²) in [5.41, 5.74) is 1.77. The zero-order chi connectivity index (χ0) is 18.4. The number of pyridine rings is 1. The predicted molar refractivity (Wildman–Crippen MR) is 104 cm³/mol. The van der Waals surface area contributed by atoms with E-state index in [-0.39, 0.29) is 5.91 Å². The molecule has 1 aliphatic rings. The minimum Gasteiger partial charge on any atom is -0.497 e. The van der Waals surface area contributed by atoms with Crippen LogP contribution in [0.5, 0.6) is 5.75 Å². The first kappa shape index (κ1) is 18.2. The molecule has 1 aromatic carbocycles. The summed E-state index contributed by atoms with van der Waals surface area (Å²) in [4.78, 5) is 19.1. The number of anilines is 1. The maximum Gasteiger partial charge on any atom is 0.252 e. The summed E-state index contributed by atoms with van der Waals surface area (Å²) in [6, 6.07) is 11.7. The third kappa shape index (κ3) is 4.75.